The Morgan fingerprint density at radius 2 is 1.84 bits per heavy atom. The first-order valence-corrected chi connectivity index (χ1v) is 6.13. The van der Waals surface area contributed by atoms with Crippen LogP contribution in [-0.4, -0.2) is 17.0 Å². The van der Waals surface area contributed by atoms with E-state index in [-0.39, 0.29) is 0 Å². The van der Waals surface area contributed by atoms with Crippen molar-refractivity contribution in [1.82, 2.24) is 9.97 Å². The number of nitrogen functional groups attached to an aromatic ring is 1. The predicted octanol–water partition coefficient (Wildman–Crippen LogP) is 3.16. The SMILES string of the molecule is CNc1ncnc(Oc2cc(C)c(Cl)c(C)c2)c1N. The molecule has 5 nitrogen and oxygen atoms in total. The Morgan fingerprint density at radius 1 is 1.21 bits per heavy atom. The fourth-order valence-corrected chi connectivity index (χ4v) is 1.85. The molecule has 0 aliphatic rings. The number of aromatic nitrogens is 2. The van der Waals surface area contributed by atoms with E-state index in [9.17, 15) is 0 Å². The van der Waals surface area contributed by atoms with E-state index in [1.165, 1.54) is 6.33 Å². The van der Waals surface area contributed by atoms with Crippen LogP contribution in [0.25, 0.3) is 0 Å². The third kappa shape index (κ3) is 2.71. The van der Waals surface area contributed by atoms with Crippen molar-refractivity contribution in [3.05, 3.63) is 34.6 Å². The van der Waals surface area contributed by atoms with Crippen molar-refractivity contribution < 1.29 is 4.74 Å². The summed E-state index contributed by atoms with van der Waals surface area (Å²) in [6.45, 7) is 3.84. The molecule has 0 unspecified atom stereocenters. The van der Waals surface area contributed by atoms with Crippen molar-refractivity contribution in [2.24, 2.45) is 0 Å². The first-order chi connectivity index (χ1) is 9.02. The Labute approximate surface area is 116 Å². The van der Waals surface area contributed by atoms with Gasteiger partial charge in [0, 0.05) is 12.1 Å². The first kappa shape index (κ1) is 13.4. The molecule has 0 aliphatic heterocycles. The summed E-state index contributed by atoms with van der Waals surface area (Å²) in [7, 11) is 1.74. The Kier molecular flexibility index (Phi) is 3.76. The molecule has 6 heteroatoms. The van der Waals surface area contributed by atoms with Gasteiger partial charge in [-0.05, 0) is 37.1 Å². The minimum Gasteiger partial charge on any atom is -0.437 e. The molecular formula is C13H15ClN4O. The number of halogens is 1. The normalized spacial score (nSPS) is 10.3. The van der Waals surface area contributed by atoms with E-state index in [2.05, 4.69) is 15.3 Å². The van der Waals surface area contributed by atoms with Crippen LogP contribution < -0.4 is 15.8 Å². The van der Waals surface area contributed by atoms with Gasteiger partial charge in [0.2, 0.25) is 5.88 Å². The molecule has 0 saturated carbocycles. The lowest BCUT2D eigenvalue weighted by Crippen LogP contribution is -2.02. The van der Waals surface area contributed by atoms with Gasteiger partial charge in [0.05, 0.1) is 0 Å². The summed E-state index contributed by atoms with van der Waals surface area (Å²) < 4.78 is 5.69. The second-order valence-corrected chi connectivity index (χ2v) is 4.54. The minimum absolute atomic E-state index is 0.320. The molecule has 0 atom stereocenters. The van der Waals surface area contributed by atoms with E-state index in [0.717, 1.165) is 16.1 Å². The van der Waals surface area contributed by atoms with Crippen LogP contribution in [0.15, 0.2) is 18.5 Å². The number of hydrogen-bond donors (Lipinski definition) is 2. The van der Waals surface area contributed by atoms with Gasteiger partial charge in [-0.25, -0.2) is 4.98 Å². The van der Waals surface area contributed by atoms with Crippen molar-refractivity contribution in [1.29, 1.82) is 0 Å². The molecule has 2 aromatic rings. The number of anilines is 2. The Balaban J connectivity index is 2.36. The molecule has 100 valence electrons. The first-order valence-electron chi connectivity index (χ1n) is 5.75. The summed E-state index contributed by atoms with van der Waals surface area (Å²) in [6, 6.07) is 3.69. The number of hydrogen-bond acceptors (Lipinski definition) is 5. The second kappa shape index (κ2) is 5.32. The average molecular weight is 279 g/mol. The smallest absolute Gasteiger partial charge is 0.248 e. The number of nitrogens with two attached hydrogens (primary N) is 1. The van der Waals surface area contributed by atoms with Crippen LogP contribution in [0.4, 0.5) is 11.5 Å². The maximum atomic E-state index is 6.12. The number of aryl methyl sites for hydroxylation is 2. The molecule has 3 N–H and O–H groups in total. The molecule has 0 amide bonds. The zero-order valence-electron chi connectivity index (χ0n) is 11.0. The zero-order chi connectivity index (χ0) is 14.0. The maximum Gasteiger partial charge on any atom is 0.248 e. The third-order valence-corrected chi connectivity index (χ3v) is 3.30. The third-order valence-electron chi connectivity index (χ3n) is 2.71. The maximum absolute atomic E-state index is 6.12. The highest BCUT2D eigenvalue weighted by atomic mass is 35.5. The quantitative estimate of drug-likeness (QED) is 0.902. The molecule has 1 heterocycles. The molecule has 1 aromatic carbocycles. The van der Waals surface area contributed by atoms with Crippen LogP contribution in [0.5, 0.6) is 11.6 Å². The highest BCUT2D eigenvalue weighted by Gasteiger charge is 2.10. The molecular weight excluding hydrogens is 264 g/mol. The molecule has 2 rings (SSSR count). The van der Waals surface area contributed by atoms with Crippen LogP contribution in [0.3, 0.4) is 0 Å². The van der Waals surface area contributed by atoms with Crippen molar-refractivity contribution in [2.45, 2.75) is 13.8 Å². The van der Waals surface area contributed by atoms with Crippen LogP contribution in [0.2, 0.25) is 5.02 Å². The zero-order valence-corrected chi connectivity index (χ0v) is 11.7. The summed E-state index contributed by atoms with van der Waals surface area (Å²) in [6.07, 6.45) is 1.40. The summed E-state index contributed by atoms with van der Waals surface area (Å²) in [5.74, 6) is 1.50. The largest absolute Gasteiger partial charge is 0.437 e. The minimum atomic E-state index is 0.320. The van der Waals surface area contributed by atoms with E-state index in [0.29, 0.717) is 23.1 Å². The molecule has 0 bridgehead atoms. The van der Waals surface area contributed by atoms with E-state index in [1.807, 2.05) is 26.0 Å². The molecule has 1 aromatic heterocycles. The summed E-state index contributed by atoms with van der Waals surface area (Å²) in [4.78, 5) is 8.03. The van der Waals surface area contributed by atoms with Gasteiger partial charge in [-0.3, -0.25) is 0 Å². The second-order valence-electron chi connectivity index (χ2n) is 4.16. The molecule has 0 spiro atoms. The number of benzene rings is 1. The van der Waals surface area contributed by atoms with Crippen LogP contribution in [0, 0.1) is 13.8 Å². The van der Waals surface area contributed by atoms with Gasteiger partial charge in [-0.2, -0.15) is 4.98 Å². The standard InChI is InChI=1S/C13H15ClN4O/c1-7-4-9(5-8(2)10(7)14)19-13-11(15)12(16-3)17-6-18-13/h4-6H,15H2,1-3H3,(H,16,17,18). The van der Waals surface area contributed by atoms with E-state index < -0.39 is 0 Å². The lowest BCUT2D eigenvalue weighted by molar-refractivity contribution is 0.464. The summed E-state index contributed by atoms with van der Waals surface area (Å²) in [5, 5.41) is 3.61. The highest BCUT2D eigenvalue weighted by molar-refractivity contribution is 6.32. The Morgan fingerprint density at radius 3 is 2.42 bits per heavy atom. The fourth-order valence-electron chi connectivity index (χ4n) is 1.74. The Hall–Kier alpha value is -2.01. The van der Waals surface area contributed by atoms with Crippen molar-refractivity contribution >= 4 is 23.1 Å². The number of nitrogens with one attached hydrogen (secondary N) is 1. The molecule has 0 radical (unpaired) electrons. The van der Waals surface area contributed by atoms with E-state index >= 15 is 0 Å². The van der Waals surface area contributed by atoms with Crippen molar-refractivity contribution in [3.63, 3.8) is 0 Å². The van der Waals surface area contributed by atoms with Crippen LogP contribution in [-0.2, 0) is 0 Å². The fraction of sp³-hybridized carbons (Fsp3) is 0.231. The molecule has 0 aliphatic carbocycles. The highest BCUT2D eigenvalue weighted by Crippen LogP contribution is 2.32. The van der Waals surface area contributed by atoms with Gasteiger partial charge in [0.1, 0.15) is 17.8 Å². The Bertz CT molecular complexity index is 593. The molecule has 19 heavy (non-hydrogen) atoms. The van der Waals surface area contributed by atoms with Gasteiger partial charge >= 0.3 is 0 Å². The summed E-state index contributed by atoms with van der Waals surface area (Å²) >= 11 is 6.12. The number of nitrogens with zero attached hydrogens (tertiary/aromatic N) is 2. The van der Waals surface area contributed by atoms with Crippen molar-refractivity contribution in [2.75, 3.05) is 18.1 Å². The average Bonchev–Trinajstić information content (AvgIpc) is 2.38. The van der Waals surface area contributed by atoms with Gasteiger partial charge < -0.3 is 15.8 Å². The van der Waals surface area contributed by atoms with Crippen LogP contribution in [0.1, 0.15) is 11.1 Å². The van der Waals surface area contributed by atoms with Gasteiger partial charge in [-0.1, -0.05) is 11.6 Å². The molecule has 0 fully saturated rings. The van der Waals surface area contributed by atoms with E-state index in [1.54, 1.807) is 7.05 Å². The van der Waals surface area contributed by atoms with E-state index in [4.69, 9.17) is 22.1 Å². The van der Waals surface area contributed by atoms with Crippen LogP contribution >= 0.6 is 11.6 Å². The summed E-state index contributed by atoms with van der Waals surface area (Å²) in [5.41, 5.74) is 8.17. The van der Waals surface area contributed by atoms with Gasteiger partial charge in [-0.15, -0.1) is 0 Å². The van der Waals surface area contributed by atoms with Crippen molar-refractivity contribution in [3.8, 4) is 11.6 Å². The lowest BCUT2D eigenvalue weighted by Gasteiger charge is -2.11. The monoisotopic (exact) mass is 278 g/mol. The lowest BCUT2D eigenvalue weighted by atomic mass is 10.1. The molecule has 0 saturated heterocycles. The number of ether oxygens (including phenoxy) is 1. The number of rotatable bonds is 3. The predicted molar refractivity (Wildman–Crippen MR) is 77.0 cm³/mol. The van der Waals surface area contributed by atoms with Gasteiger partial charge in [0.15, 0.2) is 5.82 Å². The topological polar surface area (TPSA) is 73.1 Å². The van der Waals surface area contributed by atoms with Gasteiger partial charge in [0.25, 0.3) is 0 Å².